The van der Waals surface area contributed by atoms with E-state index < -0.39 is 0 Å². The number of likely N-dealkylation sites (tertiary alicyclic amines) is 1. The van der Waals surface area contributed by atoms with Crippen LogP contribution in [0.2, 0.25) is 0 Å². The van der Waals surface area contributed by atoms with Gasteiger partial charge in [0.05, 0.1) is 18.2 Å². The summed E-state index contributed by atoms with van der Waals surface area (Å²) in [5.41, 5.74) is 1.93. The van der Waals surface area contributed by atoms with E-state index in [0.29, 0.717) is 19.6 Å². The van der Waals surface area contributed by atoms with Crippen LogP contribution in [0.1, 0.15) is 31.0 Å². The van der Waals surface area contributed by atoms with Crippen LogP contribution in [0.5, 0.6) is 0 Å². The molecule has 3 rings (SSSR count). The first kappa shape index (κ1) is 18.1. The Bertz CT molecular complexity index is 746. The maximum atomic E-state index is 12.9. The molecular formula is C21H25N3O2. The molecule has 5 heteroatoms. The number of amides is 2. The van der Waals surface area contributed by atoms with Crippen molar-refractivity contribution in [2.75, 3.05) is 13.1 Å². The van der Waals surface area contributed by atoms with Gasteiger partial charge >= 0.3 is 0 Å². The molecule has 1 aliphatic rings. The molecule has 0 saturated carbocycles. The van der Waals surface area contributed by atoms with E-state index in [1.807, 2.05) is 67.3 Å². The molecule has 0 bridgehead atoms. The summed E-state index contributed by atoms with van der Waals surface area (Å²) in [7, 11) is 0. The standard InChI is InChI=1S/C21H25N3O2/c1-15(2)21(26)24-13-18(16-8-4-3-5-9-16)19(14-24)20(25)23-12-17-10-6-7-11-22-17/h3-11,15,18-19H,12-14H2,1-2H3,(H,23,25)/t18-,19+/m0/s1. The number of carbonyl (C=O) groups is 2. The van der Waals surface area contributed by atoms with Gasteiger partial charge in [-0.3, -0.25) is 14.6 Å². The van der Waals surface area contributed by atoms with Gasteiger partial charge in [-0.05, 0) is 17.7 Å². The number of carbonyl (C=O) groups excluding carboxylic acids is 2. The fraction of sp³-hybridized carbons (Fsp3) is 0.381. The average Bonchev–Trinajstić information content (AvgIpc) is 3.12. The zero-order valence-electron chi connectivity index (χ0n) is 15.3. The van der Waals surface area contributed by atoms with Crippen LogP contribution in [0.15, 0.2) is 54.7 Å². The first-order chi connectivity index (χ1) is 12.6. The highest BCUT2D eigenvalue weighted by molar-refractivity contribution is 5.84. The van der Waals surface area contributed by atoms with Gasteiger partial charge in [-0.2, -0.15) is 0 Å². The molecule has 2 heterocycles. The van der Waals surface area contributed by atoms with Crippen LogP contribution in [0.4, 0.5) is 0 Å². The second kappa shape index (κ2) is 8.13. The van der Waals surface area contributed by atoms with Crippen molar-refractivity contribution in [3.63, 3.8) is 0 Å². The minimum Gasteiger partial charge on any atom is -0.350 e. The maximum absolute atomic E-state index is 12.9. The molecule has 0 unspecified atom stereocenters. The van der Waals surface area contributed by atoms with E-state index in [-0.39, 0.29) is 29.6 Å². The monoisotopic (exact) mass is 351 g/mol. The van der Waals surface area contributed by atoms with Crippen LogP contribution < -0.4 is 5.32 Å². The Morgan fingerprint density at radius 3 is 2.50 bits per heavy atom. The molecule has 1 N–H and O–H groups in total. The summed E-state index contributed by atoms with van der Waals surface area (Å²) >= 11 is 0. The van der Waals surface area contributed by atoms with E-state index in [1.165, 1.54) is 0 Å². The SMILES string of the molecule is CC(C)C(=O)N1C[C@@H](C(=O)NCc2ccccn2)[C@H](c2ccccc2)C1. The van der Waals surface area contributed by atoms with Gasteiger partial charge < -0.3 is 10.2 Å². The van der Waals surface area contributed by atoms with E-state index >= 15 is 0 Å². The molecule has 0 spiro atoms. The van der Waals surface area contributed by atoms with Crippen molar-refractivity contribution < 1.29 is 9.59 Å². The molecule has 1 saturated heterocycles. The van der Waals surface area contributed by atoms with Gasteiger partial charge in [-0.1, -0.05) is 50.2 Å². The van der Waals surface area contributed by atoms with Crippen molar-refractivity contribution in [2.24, 2.45) is 11.8 Å². The van der Waals surface area contributed by atoms with Gasteiger partial charge in [0.25, 0.3) is 0 Å². The summed E-state index contributed by atoms with van der Waals surface area (Å²) in [5.74, 6) is -0.220. The normalized spacial score (nSPS) is 19.6. The van der Waals surface area contributed by atoms with Crippen molar-refractivity contribution in [3.8, 4) is 0 Å². The molecule has 2 amide bonds. The molecular weight excluding hydrogens is 326 g/mol. The third kappa shape index (κ3) is 4.10. The van der Waals surface area contributed by atoms with Gasteiger partial charge in [-0.15, -0.1) is 0 Å². The van der Waals surface area contributed by atoms with E-state index in [2.05, 4.69) is 10.3 Å². The zero-order valence-corrected chi connectivity index (χ0v) is 15.3. The highest BCUT2D eigenvalue weighted by Crippen LogP contribution is 2.33. The van der Waals surface area contributed by atoms with E-state index in [1.54, 1.807) is 6.20 Å². The fourth-order valence-electron chi connectivity index (χ4n) is 3.46. The number of hydrogen-bond donors (Lipinski definition) is 1. The van der Waals surface area contributed by atoms with Gasteiger partial charge in [0, 0.05) is 31.1 Å². The van der Waals surface area contributed by atoms with Crippen molar-refractivity contribution >= 4 is 11.8 Å². The third-order valence-electron chi connectivity index (χ3n) is 4.86. The largest absolute Gasteiger partial charge is 0.350 e. The summed E-state index contributed by atoms with van der Waals surface area (Å²) in [4.78, 5) is 31.4. The minimum atomic E-state index is -0.246. The highest BCUT2D eigenvalue weighted by Gasteiger charge is 2.40. The van der Waals surface area contributed by atoms with Crippen molar-refractivity contribution in [3.05, 3.63) is 66.0 Å². The van der Waals surface area contributed by atoms with Gasteiger partial charge in [0.2, 0.25) is 11.8 Å². The molecule has 2 atom stereocenters. The Morgan fingerprint density at radius 1 is 1.12 bits per heavy atom. The molecule has 1 aromatic heterocycles. The number of pyridine rings is 1. The predicted molar refractivity (Wildman–Crippen MR) is 100 cm³/mol. The first-order valence-electron chi connectivity index (χ1n) is 9.07. The smallest absolute Gasteiger partial charge is 0.225 e. The first-order valence-corrected chi connectivity index (χ1v) is 9.07. The van der Waals surface area contributed by atoms with Crippen LogP contribution in [-0.4, -0.2) is 34.8 Å². The maximum Gasteiger partial charge on any atom is 0.225 e. The topological polar surface area (TPSA) is 62.3 Å². The Labute approximate surface area is 154 Å². The Balaban J connectivity index is 1.75. The van der Waals surface area contributed by atoms with Crippen molar-refractivity contribution in [2.45, 2.75) is 26.3 Å². The second-order valence-electron chi connectivity index (χ2n) is 7.06. The summed E-state index contributed by atoms with van der Waals surface area (Å²) in [6.45, 7) is 5.24. The lowest BCUT2D eigenvalue weighted by Crippen LogP contribution is -2.36. The molecule has 26 heavy (non-hydrogen) atoms. The molecule has 5 nitrogen and oxygen atoms in total. The number of nitrogens with one attached hydrogen (secondary N) is 1. The Morgan fingerprint density at radius 2 is 1.85 bits per heavy atom. The van der Waals surface area contributed by atoms with E-state index in [0.717, 1.165) is 11.3 Å². The van der Waals surface area contributed by atoms with Gasteiger partial charge in [0.1, 0.15) is 0 Å². The van der Waals surface area contributed by atoms with Crippen LogP contribution in [0, 0.1) is 11.8 Å². The van der Waals surface area contributed by atoms with Crippen LogP contribution in [-0.2, 0) is 16.1 Å². The zero-order chi connectivity index (χ0) is 18.5. The summed E-state index contributed by atoms with van der Waals surface area (Å²) < 4.78 is 0. The minimum absolute atomic E-state index is 0.0163. The lowest BCUT2D eigenvalue weighted by Gasteiger charge is -2.18. The van der Waals surface area contributed by atoms with Gasteiger partial charge in [-0.25, -0.2) is 0 Å². The Hall–Kier alpha value is -2.69. The third-order valence-corrected chi connectivity index (χ3v) is 4.86. The van der Waals surface area contributed by atoms with Crippen LogP contribution >= 0.6 is 0 Å². The number of hydrogen-bond acceptors (Lipinski definition) is 3. The molecule has 0 aliphatic carbocycles. The molecule has 0 radical (unpaired) electrons. The molecule has 2 aromatic rings. The lowest BCUT2D eigenvalue weighted by molar-refractivity contribution is -0.133. The quantitative estimate of drug-likeness (QED) is 0.901. The second-order valence-corrected chi connectivity index (χ2v) is 7.06. The van der Waals surface area contributed by atoms with Crippen LogP contribution in [0.25, 0.3) is 0 Å². The molecule has 1 fully saturated rings. The number of aromatic nitrogens is 1. The predicted octanol–water partition coefficient (Wildman–Crippen LogP) is 2.60. The number of nitrogens with zero attached hydrogens (tertiary/aromatic N) is 2. The van der Waals surface area contributed by atoms with E-state index in [4.69, 9.17) is 0 Å². The fourth-order valence-corrected chi connectivity index (χ4v) is 3.46. The highest BCUT2D eigenvalue weighted by atomic mass is 16.2. The molecule has 1 aromatic carbocycles. The van der Waals surface area contributed by atoms with Crippen molar-refractivity contribution in [1.29, 1.82) is 0 Å². The average molecular weight is 351 g/mol. The summed E-state index contributed by atoms with van der Waals surface area (Å²) in [6.07, 6.45) is 1.72. The molecule has 1 aliphatic heterocycles. The molecule has 136 valence electrons. The van der Waals surface area contributed by atoms with E-state index in [9.17, 15) is 9.59 Å². The Kier molecular flexibility index (Phi) is 5.66. The van der Waals surface area contributed by atoms with Crippen LogP contribution in [0.3, 0.4) is 0 Å². The van der Waals surface area contributed by atoms with Crippen molar-refractivity contribution in [1.82, 2.24) is 15.2 Å². The number of benzene rings is 1. The lowest BCUT2D eigenvalue weighted by atomic mass is 9.88. The summed E-state index contributed by atoms with van der Waals surface area (Å²) in [5, 5.41) is 2.99. The summed E-state index contributed by atoms with van der Waals surface area (Å²) in [6, 6.07) is 15.6. The number of rotatable bonds is 5. The van der Waals surface area contributed by atoms with Gasteiger partial charge in [0.15, 0.2) is 0 Å².